The number of ether oxygens (including phenoxy) is 1. The van der Waals surface area contributed by atoms with Crippen molar-refractivity contribution in [2.24, 2.45) is 0 Å². The van der Waals surface area contributed by atoms with Crippen molar-refractivity contribution >= 4 is 21.6 Å². The maximum absolute atomic E-state index is 12.7. The molecule has 3 rings (SSSR count). The normalized spacial score (nSPS) is 14.7. The molecule has 1 aliphatic heterocycles. The SMILES string of the molecule is C=CCOc1cccc(NC(=O)c2cccc(S(=O)(=O)N3CCCC3)c2)c1. The Bertz CT molecular complexity index is 935. The van der Waals surface area contributed by atoms with Gasteiger partial charge >= 0.3 is 0 Å². The summed E-state index contributed by atoms with van der Waals surface area (Å²) in [6.07, 6.45) is 3.37. The number of nitrogens with one attached hydrogen (secondary N) is 1. The molecule has 0 aliphatic carbocycles. The Morgan fingerprint density at radius 3 is 2.63 bits per heavy atom. The smallest absolute Gasteiger partial charge is 0.255 e. The van der Waals surface area contributed by atoms with E-state index in [2.05, 4.69) is 11.9 Å². The number of benzene rings is 2. The summed E-state index contributed by atoms with van der Waals surface area (Å²) in [5.74, 6) is 0.229. The van der Waals surface area contributed by atoms with Crippen LogP contribution in [0.2, 0.25) is 0 Å². The van der Waals surface area contributed by atoms with Crippen molar-refractivity contribution in [1.29, 1.82) is 0 Å². The molecule has 2 aromatic rings. The Hall–Kier alpha value is -2.64. The van der Waals surface area contributed by atoms with Crippen LogP contribution in [-0.2, 0) is 10.0 Å². The third-order valence-electron chi connectivity index (χ3n) is 4.26. The fourth-order valence-electron chi connectivity index (χ4n) is 2.90. The van der Waals surface area contributed by atoms with Crippen molar-refractivity contribution in [1.82, 2.24) is 4.31 Å². The van der Waals surface area contributed by atoms with Gasteiger partial charge in [0.05, 0.1) is 4.90 Å². The van der Waals surface area contributed by atoms with Crippen LogP contribution in [0, 0.1) is 0 Å². The molecule has 0 atom stereocenters. The van der Waals surface area contributed by atoms with Gasteiger partial charge in [-0.25, -0.2) is 8.42 Å². The van der Waals surface area contributed by atoms with Gasteiger partial charge in [0.1, 0.15) is 12.4 Å². The van der Waals surface area contributed by atoms with Crippen LogP contribution >= 0.6 is 0 Å². The lowest BCUT2D eigenvalue weighted by molar-refractivity contribution is 0.102. The number of rotatable bonds is 7. The van der Waals surface area contributed by atoms with Gasteiger partial charge in [-0.05, 0) is 43.2 Å². The number of sulfonamides is 1. The van der Waals surface area contributed by atoms with E-state index in [0.717, 1.165) is 12.8 Å². The van der Waals surface area contributed by atoms with Gasteiger partial charge < -0.3 is 10.1 Å². The minimum atomic E-state index is -3.56. The van der Waals surface area contributed by atoms with Gasteiger partial charge in [-0.1, -0.05) is 24.8 Å². The predicted octanol–water partition coefficient (Wildman–Crippen LogP) is 3.29. The van der Waals surface area contributed by atoms with E-state index in [1.807, 2.05) is 0 Å². The highest BCUT2D eigenvalue weighted by molar-refractivity contribution is 7.89. The van der Waals surface area contributed by atoms with Crippen molar-refractivity contribution < 1.29 is 17.9 Å². The minimum absolute atomic E-state index is 0.139. The number of carbonyl (C=O) groups is 1. The number of anilines is 1. The monoisotopic (exact) mass is 386 g/mol. The van der Waals surface area contributed by atoms with E-state index in [-0.39, 0.29) is 16.4 Å². The number of hydrogen-bond acceptors (Lipinski definition) is 4. The number of amides is 1. The molecule has 142 valence electrons. The first-order valence-electron chi connectivity index (χ1n) is 8.76. The second-order valence-corrected chi connectivity index (χ2v) is 8.16. The van der Waals surface area contributed by atoms with Crippen molar-refractivity contribution in [2.75, 3.05) is 25.0 Å². The van der Waals surface area contributed by atoms with Crippen LogP contribution in [0.3, 0.4) is 0 Å². The first-order chi connectivity index (χ1) is 13.0. The predicted molar refractivity (Wildman–Crippen MR) is 105 cm³/mol. The van der Waals surface area contributed by atoms with Gasteiger partial charge in [-0.2, -0.15) is 4.31 Å². The van der Waals surface area contributed by atoms with E-state index >= 15 is 0 Å². The van der Waals surface area contributed by atoms with Gasteiger partial charge in [0, 0.05) is 30.4 Å². The van der Waals surface area contributed by atoms with Crippen LogP contribution in [0.4, 0.5) is 5.69 Å². The molecular formula is C20H22N2O4S. The summed E-state index contributed by atoms with van der Waals surface area (Å²) >= 11 is 0. The highest BCUT2D eigenvalue weighted by Gasteiger charge is 2.27. The van der Waals surface area contributed by atoms with E-state index in [4.69, 9.17) is 4.74 Å². The first-order valence-corrected chi connectivity index (χ1v) is 10.2. The summed E-state index contributed by atoms with van der Waals surface area (Å²) in [7, 11) is -3.56. The molecule has 0 aromatic heterocycles. The van der Waals surface area contributed by atoms with Gasteiger partial charge in [0.15, 0.2) is 0 Å². The Morgan fingerprint density at radius 1 is 1.15 bits per heavy atom. The summed E-state index contributed by atoms with van der Waals surface area (Å²) < 4.78 is 32.3. The molecule has 1 saturated heterocycles. The average molecular weight is 386 g/mol. The zero-order valence-corrected chi connectivity index (χ0v) is 15.7. The van der Waals surface area contributed by atoms with Crippen LogP contribution in [-0.4, -0.2) is 38.3 Å². The second kappa shape index (κ2) is 8.37. The third-order valence-corrected chi connectivity index (χ3v) is 6.15. The summed E-state index contributed by atoms with van der Waals surface area (Å²) in [6, 6.07) is 13.1. The lowest BCUT2D eigenvalue weighted by Crippen LogP contribution is -2.28. The van der Waals surface area contributed by atoms with Crippen molar-refractivity contribution in [3.8, 4) is 5.75 Å². The molecule has 7 heteroatoms. The average Bonchev–Trinajstić information content (AvgIpc) is 3.22. The van der Waals surface area contributed by atoms with Crippen LogP contribution < -0.4 is 10.1 Å². The largest absolute Gasteiger partial charge is 0.489 e. The maximum atomic E-state index is 12.7. The molecule has 0 radical (unpaired) electrons. The Labute approximate surface area is 159 Å². The Kier molecular flexibility index (Phi) is 5.93. The van der Waals surface area contributed by atoms with Crippen LogP contribution in [0.1, 0.15) is 23.2 Å². The van der Waals surface area contributed by atoms with Gasteiger partial charge in [-0.15, -0.1) is 0 Å². The zero-order valence-electron chi connectivity index (χ0n) is 14.9. The van der Waals surface area contributed by atoms with E-state index in [0.29, 0.717) is 31.1 Å². The molecule has 0 bridgehead atoms. The molecule has 0 saturated carbocycles. The molecule has 27 heavy (non-hydrogen) atoms. The quantitative estimate of drug-likeness (QED) is 0.741. The maximum Gasteiger partial charge on any atom is 0.255 e. The fourth-order valence-corrected chi connectivity index (χ4v) is 4.46. The van der Waals surface area contributed by atoms with Crippen molar-refractivity contribution in [2.45, 2.75) is 17.7 Å². The summed E-state index contributed by atoms with van der Waals surface area (Å²) in [6.45, 7) is 5.01. The standard InChI is InChI=1S/C20H22N2O4S/c1-2-13-26-18-9-6-8-17(15-18)21-20(23)16-7-5-10-19(14-16)27(24,25)22-11-3-4-12-22/h2,5-10,14-15H,1,3-4,11-13H2,(H,21,23). The van der Waals surface area contributed by atoms with Gasteiger partial charge in [-0.3, -0.25) is 4.79 Å². The zero-order chi connectivity index (χ0) is 19.3. The summed E-state index contributed by atoms with van der Waals surface area (Å²) in [5.41, 5.74) is 0.849. The molecule has 1 fully saturated rings. The van der Waals surface area contributed by atoms with E-state index in [1.165, 1.54) is 16.4 Å². The van der Waals surface area contributed by atoms with Crippen LogP contribution in [0.25, 0.3) is 0 Å². The van der Waals surface area contributed by atoms with E-state index in [9.17, 15) is 13.2 Å². The molecule has 0 unspecified atom stereocenters. The molecule has 6 nitrogen and oxygen atoms in total. The fraction of sp³-hybridized carbons (Fsp3) is 0.250. The third kappa shape index (κ3) is 4.56. The second-order valence-electron chi connectivity index (χ2n) is 6.22. The molecule has 2 aromatic carbocycles. The van der Waals surface area contributed by atoms with Gasteiger partial charge in [0.25, 0.3) is 5.91 Å². The molecule has 1 aliphatic rings. The number of nitrogens with zero attached hydrogens (tertiary/aromatic N) is 1. The summed E-state index contributed by atoms with van der Waals surface area (Å²) in [5, 5.41) is 2.77. The van der Waals surface area contributed by atoms with Crippen molar-refractivity contribution in [3.63, 3.8) is 0 Å². The highest BCUT2D eigenvalue weighted by atomic mass is 32.2. The number of carbonyl (C=O) groups excluding carboxylic acids is 1. The molecule has 1 amide bonds. The minimum Gasteiger partial charge on any atom is -0.489 e. The Balaban J connectivity index is 1.77. The first kappa shape index (κ1) is 19.1. The topological polar surface area (TPSA) is 75.7 Å². The molecule has 1 heterocycles. The van der Waals surface area contributed by atoms with E-state index in [1.54, 1.807) is 42.5 Å². The molecular weight excluding hydrogens is 364 g/mol. The lowest BCUT2D eigenvalue weighted by Gasteiger charge is -2.16. The highest BCUT2D eigenvalue weighted by Crippen LogP contribution is 2.22. The van der Waals surface area contributed by atoms with Crippen LogP contribution in [0.5, 0.6) is 5.75 Å². The molecule has 1 N–H and O–H groups in total. The van der Waals surface area contributed by atoms with Gasteiger partial charge in [0.2, 0.25) is 10.0 Å². The van der Waals surface area contributed by atoms with E-state index < -0.39 is 10.0 Å². The van der Waals surface area contributed by atoms with Crippen molar-refractivity contribution in [3.05, 3.63) is 66.7 Å². The summed E-state index contributed by atoms with van der Waals surface area (Å²) in [4.78, 5) is 12.7. The van der Waals surface area contributed by atoms with Crippen LogP contribution in [0.15, 0.2) is 66.1 Å². The number of hydrogen-bond donors (Lipinski definition) is 1. The lowest BCUT2D eigenvalue weighted by atomic mass is 10.2. The molecule has 0 spiro atoms. The Morgan fingerprint density at radius 2 is 1.89 bits per heavy atom.